The number of cyclic esters (lactones) is 1. The fourth-order valence-corrected chi connectivity index (χ4v) is 17.5. The van der Waals surface area contributed by atoms with Crippen molar-refractivity contribution in [3.8, 4) is 17.1 Å². The molecule has 0 saturated carbocycles. The van der Waals surface area contributed by atoms with Crippen LogP contribution >= 0.6 is 0 Å². The molecule has 0 radical (unpaired) electrons. The molecule has 0 bridgehead atoms. The van der Waals surface area contributed by atoms with E-state index in [9.17, 15) is 48.3 Å². The van der Waals surface area contributed by atoms with Crippen LogP contribution < -0.4 is 37.3 Å². The molecule has 2 aliphatic heterocycles. The van der Waals surface area contributed by atoms with E-state index in [0.29, 0.717) is 47.4 Å². The Morgan fingerprint density at radius 2 is 1.52 bits per heavy atom. The van der Waals surface area contributed by atoms with E-state index in [-0.39, 0.29) is 140 Å². The third-order valence-electron chi connectivity index (χ3n) is 14.5. The van der Waals surface area contributed by atoms with Crippen molar-refractivity contribution in [2.45, 2.75) is 154 Å². The minimum atomic E-state index is -1.95. The second kappa shape index (κ2) is 27.7. The van der Waals surface area contributed by atoms with Gasteiger partial charge >= 0.3 is 252 Å². The number of ether oxygens (including phenoxy) is 3. The SMILES string of the molecule is CCc1c2c(nc3ccc(OC(=O)N(C)CCN(C)C(=O)OCc4ccc(NC(=O)[C@H](CCCNC(N)=O)NC(=O)[C@@H](NC(=O)CC(C)(C)[Se][Se]C(C)(C)CC(=O)C(C)C)C(C)C)cc4)cc13)-c1cc3c(c(=O)n1C2)COC(=O)[C@]3(O)CC. The first-order valence-electron chi connectivity index (χ1n) is 27.8. The van der Waals surface area contributed by atoms with Gasteiger partial charge in [-0.3, -0.25) is 4.79 Å². The topological polar surface area (TPSA) is 300 Å². The van der Waals surface area contributed by atoms with Crippen molar-refractivity contribution < 1.29 is 57.7 Å². The number of fused-ring (bicyclic) bond motifs is 5. The van der Waals surface area contributed by atoms with Gasteiger partial charge in [0.05, 0.1) is 29.0 Å². The number of likely N-dealkylation sites (N-methyl/N-ethyl adjacent to an activating group) is 2. The van der Waals surface area contributed by atoms with Gasteiger partial charge in [-0.25, -0.2) is 24.2 Å². The second-order valence-electron chi connectivity index (χ2n) is 22.9. The van der Waals surface area contributed by atoms with Gasteiger partial charge in [-0.2, -0.15) is 0 Å². The van der Waals surface area contributed by atoms with Gasteiger partial charge in [0.25, 0.3) is 5.56 Å². The molecule has 4 aromatic rings. The van der Waals surface area contributed by atoms with Crippen molar-refractivity contribution in [2.24, 2.45) is 17.6 Å². The Hall–Kier alpha value is -6.84. The van der Waals surface area contributed by atoms with Crippen molar-refractivity contribution in [3.05, 3.63) is 86.7 Å². The summed E-state index contributed by atoms with van der Waals surface area (Å²) in [5.41, 5.74) is 7.77. The number of anilines is 1. The third kappa shape index (κ3) is 16.5. The molecule has 2 aromatic carbocycles. The number of nitrogens with two attached hydrogens (primary N) is 1. The first-order valence-corrected chi connectivity index (χ1v) is 33.9. The molecule has 83 heavy (non-hydrogen) atoms. The number of carbonyl (C=O) groups excluding carboxylic acids is 8. The van der Waals surface area contributed by atoms with Crippen LogP contribution in [0.4, 0.5) is 20.1 Å². The Morgan fingerprint density at radius 1 is 0.867 bits per heavy atom. The number of rotatable bonds is 26. The van der Waals surface area contributed by atoms with E-state index in [1.54, 1.807) is 73.9 Å². The molecule has 0 saturated heterocycles. The summed E-state index contributed by atoms with van der Waals surface area (Å²) in [6, 6.07) is 10.6. The predicted molar refractivity (Wildman–Crippen MR) is 315 cm³/mol. The van der Waals surface area contributed by atoms with Gasteiger partial charge in [-0.1, -0.05) is 26.0 Å². The van der Waals surface area contributed by atoms with Crippen molar-refractivity contribution in [2.75, 3.05) is 39.0 Å². The number of aliphatic hydroxyl groups is 1. The summed E-state index contributed by atoms with van der Waals surface area (Å²) in [6.45, 7) is 19.5. The number of primary amides is 1. The number of nitrogens with one attached hydrogen (secondary N) is 4. The molecule has 2 aliphatic rings. The molecular formula is C59H79N9O13Se2. The van der Waals surface area contributed by atoms with Gasteiger partial charge in [0, 0.05) is 43.7 Å². The zero-order valence-corrected chi connectivity index (χ0v) is 52.9. The molecule has 22 nitrogen and oxygen atoms in total. The van der Waals surface area contributed by atoms with Crippen LogP contribution in [0.5, 0.6) is 5.75 Å². The minimum absolute atomic E-state index is 0.0278. The number of ketones is 1. The first kappa shape index (κ1) is 65.3. The number of nitrogens with zero attached hydrogens (tertiary/aromatic N) is 4. The minimum Gasteiger partial charge on any atom is -0.458 e. The fraction of sp³-hybridized carbons (Fsp3) is 0.525. The molecule has 450 valence electrons. The van der Waals surface area contributed by atoms with Gasteiger partial charge in [0.1, 0.15) is 19.0 Å². The van der Waals surface area contributed by atoms with E-state index >= 15 is 0 Å². The Labute approximate surface area is 495 Å². The van der Waals surface area contributed by atoms with Crippen LogP contribution in [0.15, 0.2) is 53.3 Å². The number of amides is 7. The van der Waals surface area contributed by atoms with Crippen molar-refractivity contribution in [3.63, 3.8) is 0 Å². The van der Waals surface area contributed by atoms with Gasteiger partial charge in [-0.15, -0.1) is 0 Å². The first-order chi connectivity index (χ1) is 39.0. The van der Waals surface area contributed by atoms with Gasteiger partial charge in [-0.05, 0) is 48.2 Å². The molecule has 0 fully saturated rings. The van der Waals surface area contributed by atoms with Crippen molar-refractivity contribution >= 4 is 90.5 Å². The molecule has 2 aromatic heterocycles. The number of carbonyl (C=O) groups is 8. The normalized spacial score (nSPS) is 15.3. The Balaban J connectivity index is 0.994. The standard InChI is InChI=1S/C59H79N9O13Se2/c1-13-38-39-26-37(21-22-43(39)63-49-40(38)30-68-45(49)27-42-41(52(68)73)32-79-53(74)59(42,78)14-2)81-56(77)67(12)25-24-66(11)55(76)80-31-35-17-19-36(20-18-35)62-50(71)44(16-15-23-61-54(60)75)64-51(72)48(34(5)6)65-47(70)29-58(9,10)83-82-57(7,8)28-46(69)33(3)4/h17-22,26-27,33-34,44,48,78H,13-16,23-25,28-32H2,1-12H3,(H,62,71)(H,64,72)(H,65,70)(H3,60,61,75)/t44-,48-,59-/m0/s1. The molecule has 0 unspecified atom stereocenters. The third-order valence-corrected chi connectivity index (χ3v) is 27.9. The average molecular weight is 1280 g/mol. The van der Waals surface area contributed by atoms with Crippen LogP contribution in [0, 0.1) is 11.8 Å². The number of esters is 1. The van der Waals surface area contributed by atoms with E-state index in [1.807, 2.05) is 34.6 Å². The van der Waals surface area contributed by atoms with Crippen LogP contribution in [-0.4, -0.2) is 144 Å². The maximum atomic E-state index is 13.9. The van der Waals surface area contributed by atoms with Crippen LogP contribution in [0.2, 0.25) is 8.63 Å². The van der Waals surface area contributed by atoms with Crippen molar-refractivity contribution in [1.82, 2.24) is 35.3 Å². The zero-order chi connectivity index (χ0) is 61.3. The van der Waals surface area contributed by atoms with Gasteiger partial charge in [0.15, 0.2) is 5.60 Å². The van der Waals surface area contributed by atoms with Crippen molar-refractivity contribution in [1.29, 1.82) is 0 Å². The van der Waals surface area contributed by atoms with E-state index in [0.717, 1.165) is 16.5 Å². The number of hydrogen-bond acceptors (Lipinski definition) is 14. The fourth-order valence-electron chi connectivity index (χ4n) is 9.54. The van der Waals surface area contributed by atoms with Crippen LogP contribution in [0.3, 0.4) is 0 Å². The quantitative estimate of drug-likeness (QED) is 0.0208. The van der Waals surface area contributed by atoms with Crippen LogP contribution in [-0.2, 0) is 65.2 Å². The predicted octanol–water partition coefficient (Wildman–Crippen LogP) is 6.08. The number of urea groups is 1. The smallest absolute Gasteiger partial charge is 0.458 e. The molecular weight excluding hydrogens is 1200 g/mol. The van der Waals surface area contributed by atoms with Gasteiger partial charge < -0.3 is 39.4 Å². The van der Waals surface area contributed by atoms with E-state index in [2.05, 4.69) is 35.1 Å². The number of benzene rings is 2. The van der Waals surface area contributed by atoms with E-state index < -0.39 is 53.7 Å². The molecule has 7 amide bonds. The molecule has 0 aliphatic carbocycles. The number of hydrogen-bond donors (Lipinski definition) is 6. The number of Topliss-reactive ketones (excluding diaryl/α,β-unsaturated/α-hetero) is 1. The average Bonchev–Trinajstić information content (AvgIpc) is 4.09. The molecule has 0 spiro atoms. The Bertz CT molecular complexity index is 3180. The molecule has 6 rings (SSSR count). The Morgan fingerprint density at radius 3 is 2.13 bits per heavy atom. The summed E-state index contributed by atoms with van der Waals surface area (Å²) < 4.78 is 17.6. The summed E-state index contributed by atoms with van der Waals surface area (Å²) in [5.74, 6) is -2.04. The van der Waals surface area contributed by atoms with Gasteiger partial charge in [0.2, 0.25) is 0 Å². The van der Waals surface area contributed by atoms with E-state index in [4.69, 9.17) is 24.9 Å². The Kier molecular flexibility index (Phi) is 21.8. The number of aryl methyl sites for hydroxylation is 1. The summed E-state index contributed by atoms with van der Waals surface area (Å²) in [5, 5.41) is 23.0. The summed E-state index contributed by atoms with van der Waals surface area (Å²) >= 11 is 0.198. The molecule has 4 heterocycles. The monoisotopic (exact) mass is 1280 g/mol. The molecule has 7 N–H and O–H groups in total. The number of pyridine rings is 2. The molecule has 3 atom stereocenters. The maximum absolute atomic E-state index is 13.9. The zero-order valence-electron chi connectivity index (χ0n) is 49.4. The summed E-state index contributed by atoms with van der Waals surface area (Å²) in [7, 11) is 3.07. The second-order valence-corrected chi connectivity index (χ2v) is 31.9. The number of aromatic nitrogens is 2. The summed E-state index contributed by atoms with van der Waals surface area (Å²) in [4.78, 5) is 125. The van der Waals surface area contributed by atoms with Crippen LogP contribution in [0.25, 0.3) is 22.3 Å². The van der Waals surface area contributed by atoms with E-state index in [1.165, 1.54) is 23.9 Å². The van der Waals surface area contributed by atoms with Crippen LogP contribution in [0.1, 0.15) is 129 Å². The molecule has 24 heteroatoms. The summed E-state index contributed by atoms with van der Waals surface area (Å²) in [6.07, 6.45) is 0.374.